The van der Waals surface area contributed by atoms with E-state index in [0.717, 1.165) is 21.5 Å². The minimum absolute atomic E-state index is 0.0653. The van der Waals surface area contributed by atoms with Crippen LogP contribution in [0.4, 0.5) is 0 Å². The van der Waals surface area contributed by atoms with E-state index < -0.39 is 0 Å². The molecule has 102 valence electrons. The van der Waals surface area contributed by atoms with Gasteiger partial charge in [-0.2, -0.15) is 5.10 Å². The van der Waals surface area contributed by atoms with Crippen LogP contribution in [0.15, 0.2) is 28.9 Å². The standard InChI is InChI=1S/C13H15BrClN3O/c1-16-12(13-11(15)7-17-18(13)2)9-6-8(19-3)4-5-10(9)14/h4-7,12,16H,1-3H3. The quantitative estimate of drug-likeness (QED) is 0.926. The molecular weight excluding hydrogens is 330 g/mol. The molecule has 0 aliphatic heterocycles. The molecule has 0 amide bonds. The van der Waals surface area contributed by atoms with Crippen molar-refractivity contribution in [3.63, 3.8) is 0 Å². The summed E-state index contributed by atoms with van der Waals surface area (Å²) in [5.74, 6) is 0.803. The number of halogens is 2. The molecule has 0 bridgehead atoms. The Bertz CT molecular complexity index is 566. The Morgan fingerprint density at radius 3 is 2.74 bits per heavy atom. The van der Waals surface area contributed by atoms with Gasteiger partial charge >= 0.3 is 0 Å². The lowest BCUT2D eigenvalue weighted by Crippen LogP contribution is -2.21. The normalized spacial score (nSPS) is 12.5. The number of aryl methyl sites for hydroxylation is 1. The maximum atomic E-state index is 6.22. The maximum Gasteiger partial charge on any atom is 0.119 e. The van der Waals surface area contributed by atoms with Crippen molar-refractivity contribution in [3.8, 4) is 5.75 Å². The van der Waals surface area contributed by atoms with Crippen molar-refractivity contribution < 1.29 is 4.74 Å². The lowest BCUT2D eigenvalue weighted by atomic mass is 10.0. The molecule has 1 aromatic heterocycles. The predicted octanol–water partition coefficient (Wildman–Crippen LogP) is 3.15. The van der Waals surface area contributed by atoms with Gasteiger partial charge in [0.05, 0.1) is 30.1 Å². The Labute approximate surface area is 125 Å². The number of ether oxygens (including phenoxy) is 1. The first kappa shape index (κ1) is 14.4. The van der Waals surface area contributed by atoms with Crippen molar-refractivity contribution in [3.05, 3.63) is 45.1 Å². The van der Waals surface area contributed by atoms with E-state index in [4.69, 9.17) is 16.3 Å². The lowest BCUT2D eigenvalue weighted by molar-refractivity contribution is 0.413. The number of benzene rings is 1. The number of nitrogens with one attached hydrogen (secondary N) is 1. The Hall–Kier alpha value is -1.04. The number of hydrogen-bond donors (Lipinski definition) is 1. The number of aromatic nitrogens is 2. The van der Waals surface area contributed by atoms with Crippen molar-refractivity contribution in [1.29, 1.82) is 0 Å². The van der Waals surface area contributed by atoms with E-state index in [1.165, 1.54) is 0 Å². The van der Waals surface area contributed by atoms with Gasteiger partial charge in [-0.25, -0.2) is 0 Å². The van der Waals surface area contributed by atoms with Crippen LogP contribution < -0.4 is 10.1 Å². The first-order valence-corrected chi connectivity index (χ1v) is 6.93. The van der Waals surface area contributed by atoms with E-state index in [2.05, 4.69) is 26.3 Å². The van der Waals surface area contributed by atoms with Gasteiger partial charge in [0.1, 0.15) is 5.75 Å². The van der Waals surface area contributed by atoms with E-state index >= 15 is 0 Å². The lowest BCUT2D eigenvalue weighted by Gasteiger charge is -2.20. The van der Waals surface area contributed by atoms with Crippen LogP contribution in [0.25, 0.3) is 0 Å². The zero-order valence-corrected chi connectivity index (χ0v) is 13.3. The van der Waals surface area contributed by atoms with Crippen LogP contribution in [0, 0.1) is 0 Å². The zero-order valence-electron chi connectivity index (χ0n) is 10.9. The minimum Gasteiger partial charge on any atom is -0.497 e. The third-order valence-corrected chi connectivity index (χ3v) is 4.03. The monoisotopic (exact) mass is 343 g/mol. The number of hydrogen-bond acceptors (Lipinski definition) is 3. The molecule has 4 nitrogen and oxygen atoms in total. The second-order valence-electron chi connectivity index (χ2n) is 4.11. The fourth-order valence-electron chi connectivity index (χ4n) is 2.05. The molecule has 0 saturated carbocycles. The molecule has 2 aromatic rings. The first-order chi connectivity index (χ1) is 9.08. The summed E-state index contributed by atoms with van der Waals surface area (Å²) in [4.78, 5) is 0. The Morgan fingerprint density at radius 1 is 1.47 bits per heavy atom. The highest BCUT2D eigenvalue weighted by molar-refractivity contribution is 9.10. The van der Waals surface area contributed by atoms with E-state index in [-0.39, 0.29) is 6.04 Å². The number of methoxy groups -OCH3 is 1. The molecule has 0 spiro atoms. The molecule has 2 rings (SSSR count). The number of rotatable bonds is 4. The molecule has 0 aliphatic carbocycles. The third-order valence-electron chi connectivity index (χ3n) is 3.01. The maximum absolute atomic E-state index is 6.22. The summed E-state index contributed by atoms with van der Waals surface area (Å²) in [6.07, 6.45) is 1.65. The summed E-state index contributed by atoms with van der Waals surface area (Å²) in [7, 11) is 5.41. The van der Waals surface area contributed by atoms with Gasteiger partial charge < -0.3 is 10.1 Å². The largest absolute Gasteiger partial charge is 0.497 e. The molecular formula is C13H15BrClN3O. The molecule has 0 aliphatic rings. The van der Waals surface area contributed by atoms with Crippen molar-refractivity contribution in [1.82, 2.24) is 15.1 Å². The van der Waals surface area contributed by atoms with E-state index in [1.807, 2.05) is 32.3 Å². The molecule has 1 aromatic carbocycles. The highest BCUT2D eigenvalue weighted by atomic mass is 79.9. The van der Waals surface area contributed by atoms with Gasteiger partial charge in [-0.05, 0) is 30.8 Å². The third kappa shape index (κ3) is 2.78. The summed E-state index contributed by atoms with van der Waals surface area (Å²) in [6, 6.07) is 5.78. The predicted molar refractivity (Wildman–Crippen MR) is 79.8 cm³/mol. The second kappa shape index (κ2) is 5.94. The van der Waals surface area contributed by atoms with E-state index in [9.17, 15) is 0 Å². The van der Waals surface area contributed by atoms with Crippen LogP contribution in [0.2, 0.25) is 5.02 Å². The minimum atomic E-state index is -0.0653. The highest BCUT2D eigenvalue weighted by Gasteiger charge is 2.22. The zero-order chi connectivity index (χ0) is 14.0. The molecule has 6 heteroatoms. The molecule has 1 atom stereocenters. The van der Waals surface area contributed by atoms with Gasteiger partial charge in [0, 0.05) is 11.5 Å². The molecule has 0 radical (unpaired) electrons. The average molecular weight is 345 g/mol. The Balaban J connectivity index is 2.54. The molecule has 1 heterocycles. The van der Waals surface area contributed by atoms with Crippen LogP contribution in [0.1, 0.15) is 17.3 Å². The van der Waals surface area contributed by atoms with Gasteiger partial charge in [0.2, 0.25) is 0 Å². The smallest absolute Gasteiger partial charge is 0.119 e. The van der Waals surface area contributed by atoms with E-state index in [0.29, 0.717) is 5.02 Å². The van der Waals surface area contributed by atoms with Crippen molar-refractivity contribution in [2.24, 2.45) is 7.05 Å². The second-order valence-corrected chi connectivity index (χ2v) is 5.37. The summed E-state index contributed by atoms with van der Waals surface area (Å²) < 4.78 is 8.04. The Morgan fingerprint density at radius 2 is 2.21 bits per heavy atom. The van der Waals surface area contributed by atoms with E-state index in [1.54, 1.807) is 18.0 Å². The Kier molecular flexibility index (Phi) is 4.50. The summed E-state index contributed by atoms with van der Waals surface area (Å²) in [5.41, 5.74) is 1.96. The van der Waals surface area contributed by atoms with Gasteiger partial charge in [-0.3, -0.25) is 4.68 Å². The molecule has 0 saturated heterocycles. The fourth-order valence-corrected chi connectivity index (χ4v) is 2.81. The van der Waals surface area contributed by atoms with Gasteiger partial charge in [0.15, 0.2) is 0 Å². The number of nitrogens with zero attached hydrogens (tertiary/aromatic N) is 2. The van der Waals surface area contributed by atoms with Crippen molar-refractivity contribution in [2.45, 2.75) is 6.04 Å². The summed E-state index contributed by atoms with van der Waals surface area (Å²) in [5, 5.41) is 8.08. The molecule has 1 N–H and O–H groups in total. The van der Waals surface area contributed by atoms with Crippen LogP contribution in [-0.2, 0) is 7.05 Å². The van der Waals surface area contributed by atoms with Crippen LogP contribution in [0.5, 0.6) is 5.75 Å². The van der Waals surface area contributed by atoms with Crippen LogP contribution in [-0.4, -0.2) is 23.9 Å². The highest BCUT2D eigenvalue weighted by Crippen LogP contribution is 2.34. The SMILES string of the molecule is CNC(c1cc(OC)ccc1Br)c1c(Cl)cnn1C. The van der Waals surface area contributed by atoms with Crippen LogP contribution in [0.3, 0.4) is 0 Å². The first-order valence-electron chi connectivity index (χ1n) is 5.76. The van der Waals surface area contributed by atoms with Crippen LogP contribution >= 0.6 is 27.5 Å². The van der Waals surface area contributed by atoms with Gasteiger partial charge in [0.25, 0.3) is 0 Å². The summed E-state index contributed by atoms with van der Waals surface area (Å²) in [6.45, 7) is 0. The van der Waals surface area contributed by atoms with Crippen molar-refractivity contribution in [2.75, 3.05) is 14.2 Å². The van der Waals surface area contributed by atoms with Gasteiger partial charge in [-0.1, -0.05) is 27.5 Å². The van der Waals surface area contributed by atoms with Gasteiger partial charge in [-0.15, -0.1) is 0 Å². The molecule has 0 fully saturated rings. The summed E-state index contributed by atoms with van der Waals surface area (Å²) >= 11 is 9.79. The average Bonchev–Trinajstić information content (AvgIpc) is 2.73. The topological polar surface area (TPSA) is 39.1 Å². The molecule has 19 heavy (non-hydrogen) atoms. The van der Waals surface area contributed by atoms with Crippen molar-refractivity contribution >= 4 is 27.5 Å². The molecule has 1 unspecified atom stereocenters. The fraction of sp³-hybridized carbons (Fsp3) is 0.308.